The van der Waals surface area contributed by atoms with Gasteiger partial charge in [0.25, 0.3) is 0 Å². The molecule has 0 saturated heterocycles. The van der Waals surface area contributed by atoms with E-state index in [9.17, 15) is 4.79 Å². The van der Waals surface area contributed by atoms with Crippen LogP contribution in [0.4, 0.5) is 0 Å². The minimum atomic E-state index is -1.21. The topological polar surface area (TPSA) is 128 Å². The number of nitrogens with zero attached hydrogens (tertiary/aromatic N) is 4. The SMILES string of the molecule is CC(N)(C[C@@H](Cc1c[nH]c2ccccc12)c1nnc(Cc2ccccc2)n1Cc1cccnc1)C(N)=O. The molecule has 8 nitrogen and oxygen atoms in total. The number of hydrogen-bond donors (Lipinski definition) is 3. The number of aromatic nitrogens is 5. The predicted octanol–water partition coefficient (Wildman–Crippen LogP) is 3.71. The van der Waals surface area contributed by atoms with Gasteiger partial charge in [-0.25, -0.2) is 0 Å². The van der Waals surface area contributed by atoms with Crippen LogP contribution in [0.5, 0.6) is 0 Å². The Bertz CT molecular complexity index is 1490. The van der Waals surface area contributed by atoms with Crippen molar-refractivity contribution in [3.8, 4) is 0 Å². The fraction of sp³-hybridized carbons (Fsp3) is 0.241. The molecule has 0 aliphatic rings. The fourth-order valence-electron chi connectivity index (χ4n) is 4.84. The number of nitrogens with one attached hydrogen (secondary N) is 1. The summed E-state index contributed by atoms with van der Waals surface area (Å²) in [6.07, 6.45) is 7.21. The number of fused-ring (bicyclic) bond motifs is 1. The van der Waals surface area contributed by atoms with Gasteiger partial charge >= 0.3 is 0 Å². The number of carbonyl (C=O) groups excluding carboxylic acids is 1. The molecule has 1 amide bonds. The monoisotopic (exact) mass is 493 g/mol. The average molecular weight is 494 g/mol. The van der Waals surface area contributed by atoms with Gasteiger partial charge in [-0.15, -0.1) is 10.2 Å². The summed E-state index contributed by atoms with van der Waals surface area (Å²) in [6.45, 7) is 2.24. The van der Waals surface area contributed by atoms with Crippen molar-refractivity contribution in [3.63, 3.8) is 0 Å². The second-order valence-electron chi connectivity index (χ2n) is 9.83. The van der Waals surface area contributed by atoms with E-state index in [1.807, 2.05) is 60.9 Å². The highest BCUT2D eigenvalue weighted by Gasteiger charge is 2.34. The van der Waals surface area contributed by atoms with Crippen molar-refractivity contribution >= 4 is 16.8 Å². The maximum Gasteiger partial charge on any atom is 0.237 e. The lowest BCUT2D eigenvalue weighted by atomic mass is 9.84. The molecule has 3 heterocycles. The zero-order chi connectivity index (χ0) is 25.8. The van der Waals surface area contributed by atoms with Crippen molar-refractivity contribution in [2.45, 2.75) is 44.2 Å². The molecule has 2 aromatic carbocycles. The van der Waals surface area contributed by atoms with E-state index in [4.69, 9.17) is 11.5 Å². The molecule has 8 heteroatoms. The predicted molar refractivity (Wildman–Crippen MR) is 144 cm³/mol. The highest BCUT2D eigenvalue weighted by atomic mass is 16.1. The number of para-hydroxylation sites is 1. The number of H-pyrrole nitrogens is 1. The Morgan fingerprint density at radius 1 is 1.03 bits per heavy atom. The molecule has 0 aliphatic carbocycles. The number of nitrogens with two attached hydrogens (primary N) is 2. The van der Waals surface area contributed by atoms with Crippen LogP contribution in [0.1, 0.15) is 47.6 Å². The van der Waals surface area contributed by atoms with E-state index in [0.29, 0.717) is 25.8 Å². The smallest absolute Gasteiger partial charge is 0.237 e. The van der Waals surface area contributed by atoms with Crippen molar-refractivity contribution in [3.05, 3.63) is 114 Å². The molecule has 0 radical (unpaired) electrons. The third kappa shape index (κ3) is 5.44. The standard InChI is InChI=1S/C29H31N7O/c1-29(31,28(30)37)16-22(15-23-18-33-25-12-6-5-11-24(23)25)27-35-34-26(14-20-8-3-2-4-9-20)36(27)19-21-10-7-13-32-17-21/h2-13,17-18,22,33H,14-16,19,31H2,1H3,(H2,30,37)/t22-,29?/m1/s1. The number of pyridine rings is 1. The number of primary amides is 1. The molecule has 0 aliphatic heterocycles. The Labute approximate surface area is 215 Å². The number of carbonyl (C=O) groups is 1. The number of amides is 1. The van der Waals surface area contributed by atoms with Gasteiger partial charge in [0.1, 0.15) is 11.6 Å². The van der Waals surface area contributed by atoms with Crippen LogP contribution in [0.15, 0.2) is 85.3 Å². The summed E-state index contributed by atoms with van der Waals surface area (Å²) in [5.74, 6) is 0.874. The molecule has 5 N–H and O–H groups in total. The minimum Gasteiger partial charge on any atom is -0.368 e. The molecule has 188 valence electrons. The molecular formula is C29H31N7O. The van der Waals surface area contributed by atoms with Gasteiger partial charge in [0.15, 0.2) is 0 Å². The molecule has 5 rings (SSSR count). The zero-order valence-electron chi connectivity index (χ0n) is 20.8. The van der Waals surface area contributed by atoms with E-state index in [1.165, 1.54) is 0 Å². The van der Waals surface area contributed by atoms with Crippen LogP contribution < -0.4 is 11.5 Å². The van der Waals surface area contributed by atoms with Crippen LogP contribution in [0, 0.1) is 0 Å². The molecule has 3 aromatic heterocycles. The lowest BCUT2D eigenvalue weighted by Gasteiger charge is -2.27. The van der Waals surface area contributed by atoms with Gasteiger partial charge in [-0.05, 0) is 48.6 Å². The number of aromatic amines is 1. The summed E-state index contributed by atoms with van der Waals surface area (Å²) in [5.41, 5.74) is 15.3. The van der Waals surface area contributed by atoms with Crippen molar-refractivity contribution in [2.24, 2.45) is 11.5 Å². The minimum absolute atomic E-state index is 0.199. The molecule has 0 fully saturated rings. The van der Waals surface area contributed by atoms with E-state index in [1.54, 1.807) is 13.1 Å². The molecule has 5 aromatic rings. The van der Waals surface area contributed by atoms with E-state index >= 15 is 0 Å². The van der Waals surface area contributed by atoms with Gasteiger partial charge in [-0.2, -0.15) is 0 Å². The largest absolute Gasteiger partial charge is 0.368 e. The van der Waals surface area contributed by atoms with Crippen LogP contribution in [-0.4, -0.2) is 36.2 Å². The van der Waals surface area contributed by atoms with E-state index in [0.717, 1.165) is 39.2 Å². The third-order valence-electron chi connectivity index (χ3n) is 6.86. The maximum absolute atomic E-state index is 12.3. The van der Waals surface area contributed by atoms with Gasteiger partial charge in [0.2, 0.25) is 5.91 Å². The Balaban J connectivity index is 1.58. The summed E-state index contributed by atoms with van der Waals surface area (Å²) in [4.78, 5) is 19.9. The Kier molecular flexibility index (Phi) is 6.83. The molecule has 37 heavy (non-hydrogen) atoms. The van der Waals surface area contributed by atoms with Crippen molar-refractivity contribution < 1.29 is 4.79 Å². The lowest BCUT2D eigenvalue weighted by molar-refractivity contribution is -0.122. The summed E-state index contributed by atoms with van der Waals surface area (Å²) in [5, 5.41) is 10.4. The molecule has 0 bridgehead atoms. The quantitative estimate of drug-likeness (QED) is 0.273. The van der Waals surface area contributed by atoms with Gasteiger partial charge in [-0.1, -0.05) is 54.6 Å². The summed E-state index contributed by atoms with van der Waals surface area (Å²) < 4.78 is 2.14. The Hall–Kier alpha value is -4.30. The van der Waals surface area contributed by atoms with Crippen molar-refractivity contribution in [2.75, 3.05) is 0 Å². The Morgan fingerprint density at radius 3 is 2.54 bits per heavy atom. The van der Waals surface area contributed by atoms with Crippen LogP contribution in [-0.2, 0) is 24.2 Å². The molecule has 0 saturated carbocycles. The number of rotatable bonds is 10. The molecule has 2 atom stereocenters. The second kappa shape index (κ2) is 10.4. The van der Waals surface area contributed by atoms with Crippen molar-refractivity contribution in [1.82, 2.24) is 24.7 Å². The first kappa shape index (κ1) is 24.4. The highest BCUT2D eigenvalue weighted by Crippen LogP contribution is 2.32. The summed E-state index contributed by atoms with van der Waals surface area (Å²) in [6, 6.07) is 22.3. The zero-order valence-corrected chi connectivity index (χ0v) is 20.8. The molecular weight excluding hydrogens is 462 g/mol. The van der Waals surface area contributed by atoms with Gasteiger partial charge in [0.05, 0.1) is 12.1 Å². The lowest BCUT2D eigenvalue weighted by Crippen LogP contribution is -2.50. The molecule has 1 unspecified atom stereocenters. The van der Waals surface area contributed by atoms with E-state index < -0.39 is 11.4 Å². The van der Waals surface area contributed by atoms with Crippen molar-refractivity contribution in [1.29, 1.82) is 0 Å². The fourth-order valence-corrected chi connectivity index (χ4v) is 4.84. The molecule has 0 spiro atoms. The van der Waals surface area contributed by atoms with E-state index in [2.05, 4.69) is 42.9 Å². The second-order valence-corrected chi connectivity index (χ2v) is 9.83. The van der Waals surface area contributed by atoms with Gasteiger partial charge in [0, 0.05) is 41.8 Å². The first-order valence-electron chi connectivity index (χ1n) is 12.4. The average Bonchev–Trinajstić information content (AvgIpc) is 3.49. The summed E-state index contributed by atoms with van der Waals surface area (Å²) >= 11 is 0. The van der Waals surface area contributed by atoms with Crippen LogP contribution in [0.3, 0.4) is 0 Å². The first-order valence-corrected chi connectivity index (χ1v) is 12.4. The van der Waals surface area contributed by atoms with Crippen LogP contribution in [0.25, 0.3) is 10.9 Å². The first-order chi connectivity index (χ1) is 17.9. The third-order valence-corrected chi connectivity index (χ3v) is 6.86. The normalized spacial score (nSPS) is 13.9. The number of hydrogen-bond acceptors (Lipinski definition) is 5. The maximum atomic E-state index is 12.3. The van der Waals surface area contributed by atoms with Crippen LogP contribution >= 0.6 is 0 Å². The van der Waals surface area contributed by atoms with Gasteiger partial charge in [-0.3, -0.25) is 9.78 Å². The summed E-state index contributed by atoms with van der Waals surface area (Å²) in [7, 11) is 0. The van der Waals surface area contributed by atoms with Gasteiger partial charge < -0.3 is 21.0 Å². The van der Waals surface area contributed by atoms with Crippen LogP contribution in [0.2, 0.25) is 0 Å². The van der Waals surface area contributed by atoms with E-state index in [-0.39, 0.29) is 5.92 Å². The Morgan fingerprint density at radius 2 is 1.78 bits per heavy atom. The highest BCUT2D eigenvalue weighted by molar-refractivity contribution is 5.84. The number of benzene rings is 2.